The van der Waals surface area contributed by atoms with E-state index in [9.17, 15) is 4.39 Å². The van der Waals surface area contributed by atoms with E-state index in [4.69, 9.17) is 28.9 Å². The molecule has 0 radical (unpaired) electrons. The number of benzene rings is 2. The number of rotatable bonds is 2. The van der Waals surface area contributed by atoms with E-state index in [1.807, 2.05) is 19.1 Å². The minimum Gasteiger partial charge on any atom is -0.397 e. The molecule has 3 N–H and O–H groups in total. The molecule has 0 aliphatic carbocycles. The Balaban J connectivity index is 2.43. The predicted octanol–water partition coefficient (Wildman–Crippen LogP) is 4.77. The third kappa shape index (κ3) is 2.52. The fraction of sp³-hybridized carbons (Fsp3) is 0.0769. The van der Waals surface area contributed by atoms with Crippen molar-refractivity contribution in [3.63, 3.8) is 0 Å². The minimum absolute atomic E-state index is 0.0106. The van der Waals surface area contributed by atoms with Crippen LogP contribution in [-0.2, 0) is 0 Å². The lowest BCUT2D eigenvalue weighted by Gasteiger charge is -2.13. The highest BCUT2D eigenvalue weighted by atomic mass is 35.5. The van der Waals surface area contributed by atoms with Crippen LogP contribution in [-0.4, -0.2) is 0 Å². The van der Waals surface area contributed by atoms with Crippen LogP contribution in [0.15, 0.2) is 30.3 Å². The molecule has 0 unspecified atom stereocenters. The number of nitrogens with one attached hydrogen (secondary N) is 1. The van der Waals surface area contributed by atoms with Gasteiger partial charge in [0, 0.05) is 6.07 Å². The number of aryl methyl sites for hydroxylation is 1. The van der Waals surface area contributed by atoms with Gasteiger partial charge in [0.1, 0.15) is 5.82 Å². The highest BCUT2D eigenvalue weighted by Crippen LogP contribution is 2.33. The Labute approximate surface area is 115 Å². The molecule has 0 saturated carbocycles. The second kappa shape index (κ2) is 5.04. The topological polar surface area (TPSA) is 38.0 Å². The molecule has 0 heterocycles. The van der Waals surface area contributed by atoms with Gasteiger partial charge in [-0.3, -0.25) is 0 Å². The van der Waals surface area contributed by atoms with Crippen LogP contribution in [0.5, 0.6) is 0 Å². The molecule has 2 rings (SSSR count). The second-order valence-corrected chi connectivity index (χ2v) is 4.72. The lowest BCUT2D eigenvalue weighted by molar-refractivity contribution is 0.629. The van der Waals surface area contributed by atoms with Crippen molar-refractivity contribution in [1.82, 2.24) is 0 Å². The molecule has 2 aromatic rings. The van der Waals surface area contributed by atoms with Crippen molar-refractivity contribution in [2.24, 2.45) is 0 Å². The highest BCUT2D eigenvalue weighted by Gasteiger charge is 2.09. The number of anilines is 3. The van der Waals surface area contributed by atoms with Gasteiger partial charge in [-0.1, -0.05) is 35.3 Å². The molecule has 2 nitrogen and oxygen atoms in total. The van der Waals surface area contributed by atoms with Crippen LogP contribution in [0.1, 0.15) is 5.56 Å². The van der Waals surface area contributed by atoms with E-state index in [1.165, 1.54) is 12.1 Å². The van der Waals surface area contributed by atoms with Gasteiger partial charge in [-0.15, -0.1) is 0 Å². The van der Waals surface area contributed by atoms with Crippen LogP contribution in [0.2, 0.25) is 10.0 Å². The molecule has 0 aliphatic rings. The van der Waals surface area contributed by atoms with E-state index in [0.29, 0.717) is 10.7 Å². The van der Waals surface area contributed by atoms with E-state index < -0.39 is 5.82 Å². The molecule has 0 saturated heterocycles. The molecule has 0 aliphatic heterocycles. The second-order valence-electron chi connectivity index (χ2n) is 3.91. The molecule has 18 heavy (non-hydrogen) atoms. The largest absolute Gasteiger partial charge is 0.397 e. The molecule has 94 valence electrons. The minimum atomic E-state index is -0.546. The predicted molar refractivity (Wildman–Crippen MR) is 75.3 cm³/mol. The smallest absolute Gasteiger partial charge is 0.143 e. The molecule has 0 fully saturated rings. The van der Waals surface area contributed by atoms with Crippen LogP contribution in [0.4, 0.5) is 21.5 Å². The van der Waals surface area contributed by atoms with Gasteiger partial charge >= 0.3 is 0 Å². The quantitative estimate of drug-likeness (QED) is 0.780. The molecule has 2 aromatic carbocycles. The van der Waals surface area contributed by atoms with Crippen molar-refractivity contribution in [2.75, 3.05) is 11.1 Å². The summed E-state index contributed by atoms with van der Waals surface area (Å²) in [4.78, 5) is 0. The lowest BCUT2D eigenvalue weighted by atomic mass is 10.2. The molecule has 0 aromatic heterocycles. The van der Waals surface area contributed by atoms with Crippen LogP contribution in [0, 0.1) is 12.7 Å². The third-order valence-corrected chi connectivity index (χ3v) is 3.18. The number of nitrogen functional groups attached to an aromatic ring is 1. The molecule has 0 atom stereocenters. The fourth-order valence-corrected chi connectivity index (χ4v) is 2.03. The van der Waals surface area contributed by atoms with E-state index in [2.05, 4.69) is 5.32 Å². The van der Waals surface area contributed by atoms with Gasteiger partial charge in [-0.05, 0) is 24.6 Å². The van der Waals surface area contributed by atoms with Gasteiger partial charge in [0.2, 0.25) is 0 Å². The monoisotopic (exact) mass is 284 g/mol. The summed E-state index contributed by atoms with van der Waals surface area (Å²) in [5.41, 5.74) is 8.22. The molecular weight excluding hydrogens is 274 g/mol. The lowest BCUT2D eigenvalue weighted by Crippen LogP contribution is -1.99. The van der Waals surface area contributed by atoms with E-state index in [1.54, 1.807) is 6.07 Å². The summed E-state index contributed by atoms with van der Waals surface area (Å²) >= 11 is 11.8. The Kier molecular flexibility index (Phi) is 3.64. The van der Waals surface area contributed by atoms with Gasteiger partial charge in [-0.2, -0.15) is 0 Å². The standard InChI is InChI=1S/C13H11Cl2FN2/c1-7-3-2-4-8(14)13(7)18-12-5-9(15)10(16)6-11(12)17/h2-6,18H,17H2,1H3. The van der Waals surface area contributed by atoms with Gasteiger partial charge in [0.25, 0.3) is 0 Å². The summed E-state index contributed by atoms with van der Waals surface area (Å²) < 4.78 is 13.2. The van der Waals surface area contributed by atoms with E-state index in [-0.39, 0.29) is 10.7 Å². The summed E-state index contributed by atoms with van der Waals surface area (Å²) in [7, 11) is 0. The maximum Gasteiger partial charge on any atom is 0.143 e. The Hall–Kier alpha value is -1.45. The van der Waals surface area contributed by atoms with Crippen molar-refractivity contribution in [2.45, 2.75) is 6.92 Å². The summed E-state index contributed by atoms with van der Waals surface area (Å²) in [6.45, 7) is 1.91. The fourth-order valence-electron chi connectivity index (χ4n) is 1.60. The average Bonchev–Trinajstić information content (AvgIpc) is 2.30. The summed E-state index contributed by atoms with van der Waals surface area (Å²) in [6.07, 6.45) is 0. The maximum atomic E-state index is 13.2. The summed E-state index contributed by atoms with van der Waals surface area (Å²) in [6, 6.07) is 8.14. The average molecular weight is 285 g/mol. The third-order valence-electron chi connectivity index (χ3n) is 2.57. The first-order valence-corrected chi connectivity index (χ1v) is 6.01. The zero-order valence-electron chi connectivity index (χ0n) is 9.60. The zero-order chi connectivity index (χ0) is 13.3. The van der Waals surface area contributed by atoms with Gasteiger partial charge < -0.3 is 11.1 Å². The molecule has 0 bridgehead atoms. The number of nitrogens with two attached hydrogens (primary N) is 1. The highest BCUT2D eigenvalue weighted by molar-refractivity contribution is 6.33. The zero-order valence-corrected chi connectivity index (χ0v) is 11.1. The number of hydrogen-bond acceptors (Lipinski definition) is 2. The first kappa shape index (κ1) is 13.0. The summed E-state index contributed by atoms with van der Waals surface area (Å²) in [5, 5.41) is 3.64. The van der Waals surface area contributed by atoms with Crippen molar-refractivity contribution < 1.29 is 4.39 Å². The molecular formula is C13H11Cl2FN2. The van der Waals surface area contributed by atoms with E-state index >= 15 is 0 Å². The van der Waals surface area contributed by atoms with Gasteiger partial charge in [0.05, 0.1) is 27.1 Å². The van der Waals surface area contributed by atoms with Gasteiger partial charge in [-0.25, -0.2) is 4.39 Å². The van der Waals surface area contributed by atoms with Crippen LogP contribution >= 0.6 is 23.2 Å². The maximum absolute atomic E-state index is 13.2. The molecule has 0 amide bonds. The Morgan fingerprint density at radius 3 is 2.56 bits per heavy atom. The Morgan fingerprint density at radius 1 is 1.17 bits per heavy atom. The van der Waals surface area contributed by atoms with Crippen molar-refractivity contribution >= 4 is 40.3 Å². The van der Waals surface area contributed by atoms with Crippen molar-refractivity contribution in [3.05, 3.63) is 51.8 Å². The number of hydrogen-bond donors (Lipinski definition) is 2. The SMILES string of the molecule is Cc1cccc(Cl)c1Nc1cc(Cl)c(F)cc1N. The van der Waals surface area contributed by atoms with Crippen LogP contribution < -0.4 is 11.1 Å². The Morgan fingerprint density at radius 2 is 1.89 bits per heavy atom. The normalized spacial score (nSPS) is 10.4. The first-order valence-electron chi connectivity index (χ1n) is 5.25. The van der Waals surface area contributed by atoms with Crippen molar-refractivity contribution in [1.29, 1.82) is 0 Å². The molecule has 0 spiro atoms. The van der Waals surface area contributed by atoms with E-state index in [0.717, 1.165) is 11.3 Å². The number of halogens is 3. The van der Waals surface area contributed by atoms with Crippen LogP contribution in [0.25, 0.3) is 0 Å². The van der Waals surface area contributed by atoms with Crippen molar-refractivity contribution in [3.8, 4) is 0 Å². The number of para-hydroxylation sites is 1. The molecule has 5 heteroatoms. The summed E-state index contributed by atoms with van der Waals surface area (Å²) in [5.74, 6) is -0.546. The Bertz CT molecular complexity index is 580. The van der Waals surface area contributed by atoms with Crippen LogP contribution in [0.3, 0.4) is 0 Å². The van der Waals surface area contributed by atoms with Gasteiger partial charge in [0.15, 0.2) is 0 Å². The first-order chi connectivity index (χ1) is 8.49.